The van der Waals surface area contributed by atoms with Crippen LogP contribution in [0.1, 0.15) is 18.1 Å². The fourth-order valence-electron chi connectivity index (χ4n) is 1.01. The Morgan fingerprint density at radius 2 is 2.06 bits per heavy atom. The molecule has 0 fully saturated rings. The van der Waals surface area contributed by atoms with E-state index in [4.69, 9.17) is 18.0 Å². The molecule has 0 aliphatic heterocycles. The monoisotopic (exact) mass is 233 g/mol. The molecule has 0 amide bonds. The standard InChI is InChI=1S/C12H11NO2S/c1-2-15-11(14)8-5-9-3-6-10(7-4-9)12(13)16/h3-4,6-7H,2H2,1H3,(H2,13,16). The summed E-state index contributed by atoms with van der Waals surface area (Å²) in [6, 6.07) is 7.02. The number of hydrogen-bond donors (Lipinski definition) is 1. The highest BCUT2D eigenvalue weighted by molar-refractivity contribution is 7.80. The van der Waals surface area contributed by atoms with Gasteiger partial charge in [-0.25, -0.2) is 4.79 Å². The summed E-state index contributed by atoms with van der Waals surface area (Å²) in [7, 11) is 0. The zero-order valence-electron chi connectivity index (χ0n) is 8.82. The van der Waals surface area contributed by atoms with Gasteiger partial charge in [-0.15, -0.1) is 0 Å². The number of esters is 1. The largest absolute Gasteiger partial charge is 0.456 e. The lowest BCUT2D eigenvalue weighted by molar-refractivity contribution is -0.136. The van der Waals surface area contributed by atoms with Gasteiger partial charge in [-0.3, -0.25) is 0 Å². The molecule has 0 spiro atoms. The summed E-state index contributed by atoms with van der Waals surface area (Å²) in [6.45, 7) is 2.06. The van der Waals surface area contributed by atoms with Gasteiger partial charge in [-0.05, 0) is 19.1 Å². The van der Waals surface area contributed by atoms with E-state index in [2.05, 4.69) is 16.6 Å². The molecule has 0 aliphatic rings. The molecular weight excluding hydrogens is 222 g/mol. The molecule has 0 atom stereocenters. The second-order valence-corrected chi connectivity index (χ2v) is 3.35. The molecule has 1 aromatic rings. The van der Waals surface area contributed by atoms with E-state index in [0.717, 1.165) is 5.56 Å². The molecule has 16 heavy (non-hydrogen) atoms. The molecule has 1 aromatic carbocycles. The van der Waals surface area contributed by atoms with E-state index in [1.165, 1.54) is 0 Å². The van der Waals surface area contributed by atoms with Gasteiger partial charge in [-0.1, -0.05) is 30.3 Å². The predicted octanol–water partition coefficient (Wildman–Crippen LogP) is 1.24. The Bertz CT molecular complexity index is 454. The number of carbonyl (C=O) groups is 1. The van der Waals surface area contributed by atoms with Crippen molar-refractivity contribution in [1.29, 1.82) is 0 Å². The van der Waals surface area contributed by atoms with E-state index in [1.54, 1.807) is 31.2 Å². The van der Waals surface area contributed by atoms with E-state index < -0.39 is 5.97 Å². The zero-order chi connectivity index (χ0) is 12.0. The smallest absolute Gasteiger partial charge is 0.384 e. The van der Waals surface area contributed by atoms with Gasteiger partial charge < -0.3 is 10.5 Å². The summed E-state index contributed by atoms with van der Waals surface area (Å²) in [4.78, 5) is 11.3. The average molecular weight is 233 g/mol. The molecular formula is C12H11NO2S. The molecule has 3 nitrogen and oxygen atoms in total. The fraction of sp³-hybridized carbons (Fsp3) is 0.167. The highest BCUT2D eigenvalue weighted by Crippen LogP contribution is 2.02. The van der Waals surface area contributed by atoms with Gasteiger partial charge in [0.15, 0.2) is 0 Å². The third-order valence-corrected chi connectivity index (χ3v) is 1.99. The van der Waals surface area contributed by atoms with Crippen molar-refractivity contribution in [3.63, 3.8) is 0 Å². The van der Waals surface area contributed by atoms with Crippen LogP contribution in [0.25, 0.3) is 0 Å². The average Bonchev–Trinajstić information content (AvgIpc) is 2.27. The SMILES string of the molecule is CCOC(=O)C#Cc1ccc(C(N)=S)cc1. The summed E-state index contributed by atoms with van der Waals surface area (Å²) >= 11 is 4.81. The Hall–Kier alpha value is -1.86. The number of carbonyl (C=O) groups excluding carboxylic acids is 1. The Labute approximate surface area is 99.6 Å². The minimum Gasteiger partial charge on any atom is -0.456 e. The minimum absolute atomic E-state index is 0.327. The molecule has 0 bridgehead atoms. The minimum atomic E-state index is -0.527. The predicted molar refractivity (Wildman–Crippen MR) is 65.8 cm³/mol. The highest BCUT2D eigenvalue weighted by atomic mass is 32.1. The van der Waals surface area contributed by atoms with E-state index in [9.17, 15) is 4.79 Å². The van der Waals surface area contributed by atoms with Crippen molar-refractivity contribution in [3.8, 4) is 11.8 Å². The normalized spacial score (nSPS) is 8.81. The van der Waals surface area contributed by atoms with E-state index in [1.807, 2.05) is 0 Å². The molecule has 0 aromatic heterocycles. The number of rotatable bonds is 2. The topological polar surface area (TPSA) is 52.3 Å². The van der Waals surface area contributed by atoms with Crippen molar-refractivity contribution >= 4 is 23.2 Å². The van der Waals surface area contributed by atoms with Crippen LogP contribution in [0.2, 0.25) is 0 Å². The molecule has 4 heteroatoms. The Kier molecular flexibility index (Phi) is 4.49. The lowest BCUT2D eigenvalue weighted by Gasteiger charge is -1.96. The van der Waals surface area contributed by atoms with Crippen LogP contribution in [-0.4, -0.2) is 17.6 Å². The summed E-state index contributed by atoms with van der Waals surface area (Å²) in [6.07, 6.45) is 0. The highest BCUT2D eigenvalue weighted by Gasteiger charge is 1.96. The first-order valence-electron chi connectivity index (χ1n) is 4.72. The number of benzene rings is 1. The van der Waals surface area contributed by atoms with Crippen LogP contribution in [0.4, 0.5) is 0 Å². The van der Waals surface area contributed by atoms with Gasteiger partial charge in [0.25, 0.3) is 0 Å². The van der Waals surface area contributed by atoms with Crippen molar-refractivity contribution in [3.05, 3.63) is 35.4 Å². The van der Waals surface area contributed by atoms with Crippen LogP contribution in [-0.2, 0) is 9.53 Å². The number of nitrogens with two attached hydrogens (primary N) is 1. The Morgan fingerprint density at radius 3 is 2.56 bits per heavy atom. The second kappa shape index (κ2) is 5.89. The maximum absolute atomic E-state index is 11.0. The first kappa shape index (κ1) is 12.2. The van der Waals surface area contributed by atoms with Gasteiger partial charge in [0.1, 0.15) is 4.99 Å². The number of ether oxygens (including phenoxy) is 1. The fourth-order valence-corrected chi connectivity index (χ4v) is 1.14. The van der Waals surface area contributed by atoms with Crippen LogP contribution in [0.15, 0.2) is 24.3 Å². The second-order valence-electron chi connectivity index (χ2n) is 2.91. The third kappa shape index (κ3) is 3.71. The molecule has 82 valence electrons. The van der Waals surface area contributed by atoms with E-state index >= 15 is 0 Å². The molecule has 0 aliphatic carbocycles. The molecule has 2 N–H and O–H groups in total. The van der Waals surface area contributed by atoms with Gasteiger partial charge in [-0.2, -0.15) is 0 Å². The van der Waals surface area contributed by atoms with Gasteiger partial charge in [0, 0.05) is 17.0 Å². The Morgan fingerprint density at radius 1 is 1.44 bits per heavy atom. The lowest BCUT2D eigenvalue weighted by atomic mass is 10.1. The van der Waals surface area contributed by atoms with E-state index in [0.29, 0.717) is 17.2 Å². The van der Waals surface area contributed by atoms with Crippen LogP contribution in [0, 0.1) is 11.8 Å². The molecule has 0 saturated heterocycles. The molecule has 0 heterocycles. The van der Waals surface area contributed by atoms with Crippen molar-refractivity contribution in [2.45, 2.75) is 6.92 Å². The number of thiocarbonyl (C=S) groups is 1. The van der Waals surface area contributed by atoms with Crippen LogP contribution >= 0.6 is 12.2 Å². The quantitative estimate of drug-likeness (QED) is 0.474. The van der Waals surface area contributed by atoms with Gasteiger partial charge >= 0.3 is 5.97 Å². The molecule has 0 radical (unpaired) electrons. The summed E-state index contributed by atoms with van der Waals surface area (Å²) in [5, 5.41) is 0. The first-order chi connectivity index (χ1) is 7.63. The summed E-state index contributed by atoms with van der Waals surface area (Å²) in [5.74, 6) is 4.53. The van der Waals surface area contributed by atoms with Crippen molar-refractivity contribution in [1.82, 2.24) is 0 Å². The van der Waals surface area contributed by atoms with Crippen molar-refractivity contribution in [2.24, 2.45) is 5.73 Å². The zero-order valence-corrected chi connectivity index (χ0v) is 9.64. The number of hydrogen-bond acceptors (Lipinski definition) is 3. The molecule has 0 unspecified atom stereocenters. The third-order valence-electron chi connectivity index (χ3n) is 1.75. The molecule has 1 rings (SSSR count). The summed E-state index contributed by atoms with van der Waals surface area (Å²) in [5.41, 5.74) is 6.94. The van der Waals surface area contributed by atoms with Gasteiger partial charge in [0.05, 0.1) is 6.61 Å². The van der Waals surface area contributed by atoms with Gasteiger partial charge in [0.2, 0.25) is 0 Å². The summed E-state index contributed by atoms with van der Waals surface area (Å²) < 4.78 is 4.67. The van der Waals surface area contributed by atoms with Crippen LogP contribution in [0.5, 0.6) is 0 Å². The van der Waals surface area contributed by atoms with Crippen molar-refractivity contribution < 1.29 is 9.53 Å². The maximum atomic E-state index is 11.0. The van der Waals surface area contributed by atoms with Crippen LogP contribution < -0.4 is 5.73 Å². The Balaban J connectivity index is 2.75. The van der Waals surface area contributed by atoms with Crippen molar-refractivity contribution in [2.75, 3.05) is 6.61 Å². The van der Waals surface area contributed by atoms with E-state index in [-0.39, 0.29) is 0 Å². The lowest BCUT2D eigenvalue weighted by Crippen LogP contribution is -2.08. The molecule has 0 saturated carbocycles. The first-order valence-corrected chi connectivity index (χ1v) is 5.13. The maximum Gasteiger partial charge on any atom is 0.384 e. The van der Waals surface area contributed by atoms with Crippen LogP contribution in [0.3, 0.4) is 0 Å².